The number of carbonyl (C=O) groups is 4. The van der Waals surface area contributed by atoms with Crippen molar-refractivity contribution in [3.05, 3.63) is 306 Å². The van der Waals surface area contributed by atoms with Gasteiger partial charge in [0.25, 0.3) is 0 Å². The van der Waals surface area contributed by atoms with Crippen molar-refractivity contribution in [2.75, 3.05) is 19.6 Å². The topological polar surface area (TPSA) is 318 Å². The molecule has 0 bridgehead atoms. The molecule has 0 aliphatic heterocycles. The number of rotatable bonds is 16. The van der Waals surface area contributed by atoms with Crippen LogP contribution >= 0.6 is 46.4 Å². The maximum Gasteiger partial charge on any atom is 0.325 e. The van der Waals surface area contributed by atoms with Crippen LogP contribution in [0.2, 0.25) is 20.1 Å². The predicted octanol–water partition coefficient (Wildman–Crippen LogP) is 21.0. The number of anilines is 8. The summed E-state index contributed by atoms with van der Waals surface area (Å²) in [5, 5.41) is 39.6. The second kappa shape index (κ2) is 41.6. The van der Waals surface area contributed by atoms with Crippen molar-refractivity contribution in [1.29, 1.82) is 0 Å². The van der Waals surface area contributed by atoms with E-state index in [2.05, 4.69) is 19.9 Å². The van der Waals surface area contributed by atoms with Gasteiger partial charge in [0.15, 0.2) is 0 Å². The Morgan fingerprint density at radius 3 is 0.826 bits per heavy atom. The number of hydrogen-bond donors (Lipinski definition) is 8. The number of aryl methyl sites for hydroxylation is 3. The predicted molar refractivity (Wildman–Crippen MR) is 436 cm³/mol. The molecule has 115 heavy (non-hydrogen) atoms. The van der Waals surface area contributed by atoms with E-state index in [0.717, 1.165) is 69.5 Å². The number of hydrogen-bond acceptors (Lipinski definition) is 12. The Morgan fingerprint density at radius 1 is 0.304 bits per heavy atom. The molecule has 8 aromatic carbocycles. The van der Waals surface area contributed by atoms with Crippen LogP contribution in [0.5, 0.6) is 0 Å². The maximum absolute atomic E-state index is 14.2. The van der Waals surface area contributed by atoms with Gasteiger partial charge in [-0.1, -0.05) is 149 Å². The summed E-state index contributed by atoms with van der Waals surface area (Å²) in [6, 6.07) is 42.0. The molecule has 0 unspecified atom stereocenters. The van der Waals surface area contributed by atoms with Crippen LogP contribution in [0.1, 0.15) is 68.7 Å². The van der Waals surface area contributed by atoms with Crippen LogP contribution in [0.3, 0.4) is 0 Å². The van der Waals surface area contributed by atoms with E-state index >= 15 is 0 Å². The number of nitrogens with two attached hydrogens (primary N) is 4. The first kappa shape index (κ1) is 93.5. The van der Waals surface area contributed by atoms with Crippen molar-refractivity contribution in [2.24, 2.45) is 22.9 Å². The largest absolute Gasteiger partial charge is 0.392 e. The van der Waals surface area contributed by atoms with E-state index in [1.54, 1.807) is 74.5 Å². The number of halogens is 12. The summed E-state index contributed by atoms with van der Waals surface area (Å²) in [7, 11) is 0. The van der Waals surface area contributed by atoms with Crippen LogP contribution in [0.4, 0.5) is 100 Å². The number of pyridine rings is 4. The van der Waals surface area contributed by atoms with Gasteiger partial charge in [0.1, 0.15) is 81.2 Å². The van der Waals surface area contributed by atoms with Crippen LogP contribution < -0.4 is 42.5 Å². The minimum absolute atomic E-state index is 0. The molecule has 0 aliphatic rings. The van der Waals surface area contributed by atoms with Crippen LogP contribution in [-0.2, 0) is 26.4 Å². The summed E-state index contributed by atoms with van der Waals surface area (Å²) >= 11 is 25.0. The van der Waals surface area contributed by atoms with E-state index < -0.39 is 82.8 Å². The number of primary amides is 4. The Balaban J connectivity index is 0.000000271. The molecule has 0 saturated carbocycles. The number of aromatic nitrogens is 4. The lowest BCUT2D eigenvalue weighted by molar-refractivity contribution is 0.254. The van der Waals surface area contributed by atoms with Gasteiger partial charge in [-0.3, -0.25) is 0 Å². The lowest BCUT2D eigenvalue weighted by Crippen LogP contribution is -2.33. The van der Waals surface area contributed by atoms with Crippen molar-refractivity contribution in [3.8, 4) is 45.0 Å². The van der Waals surface area contributed by atoms with E-state index in [-0.39, 0.29) is 133 Å². The SMILES string of the molecule is C.C.C.C.Cc1cc(F)ccc1-c1nc(N(C(N)=O)c2c(Cl)cccc2Cl)ccc1CO.Cc1cc(F)ccc1-c1nc(N(C(N)=O)c2c(F)cccc2F)ccc1CO.Cc1ccccc1-c1nc(N(C(N)=O)c2c(Cl)cccc2Cl)ccc1CO.NC(=O)N(c1ccc(CO)c(-c2ccc(F)cc2F)n1)c1c(F)cccc1F. The normalized spacial score (nSPS) is 10.4. The number of urea groups is 4. The number of aliphatic hydroxyl groups excluding tert-OH is 4. The summed E-state index contributed by atoms with van der Waals surface area (Å²) in [6.45, 7) is 3.90. The highest BCUT2D eigenvalue weighted by Crippen LogP contribution is 2.42. The third kappa shape index (κ3) is 21.4. The Kier molecular flexibility index (Phi) is 33.8. The van der Waals surface area contributed by atoms with Gasteiger partial charge in [0, 0.05) is 50.6 Å². The van der Waals surface area contributed by atoms with Gasteiger partial charge in [-0.15, -0.1) is 0 Å². The fourth-order valence-electron chi connectivity index (χ4n) is 11.3. The van der Waals surface area contributed by atoms with E-state index in [1.807, 2.05) is 31.2 Å². The monoisotopic (exact) mass is 1660 g/mol. The Bertz CT molecular complexity index is 5050. The molecule has 12 rings (SSSR count). The lowest BCUT2D eigenvalue weighted by atomic mass is 10.0. The molecule has 4 heterocycles. The molecular formula is C83H78Cl4F8N12O8. The highest BCUT2D eigenvalue weighted by molar-refractivity contribution is 6.41. The van der Waals surface area contributed by atoms with Gasteiger partial charge >= 0.3 is 24.1 Å². The third-order valence-corrected chi connectivity index (χ3v) is 17.7. The molecule has 0 saturated heterocycles. The van der Waals surface area contributed by atoms with E-state index in [9.17, 15) is 74.7 Å². The molecule has 20 nitrogen and oxygen atoms in total. The minimum Gasteiger partial charge on any atom is -0.392 e. The smallest absolute Gasteiger partial charge is 0.325 e. The van der Waals surface area contributed by atoms with E-state index in [0.29, 0.717) is 66.2 Å². The van der Waals surface area contributed by atoms with Crippen molar-refractivity contribution < 1.29 is 74.7 Å². The van der Waals surface area contributed by atoms with Crippen LogP contribution in [0.15, 0.2) is 200 Å². The zero-order valence-corrected chi connectivity index (χ0v) is 61.2. The molecule has 12 aromatic rings. The van der Waals surface area contributed by atoms with E-state index in [4.69, 9.17) is 69.3 Å². The first-order valence-corrected chi connectivity index (χ1v) is 34.1. The number of aliphatic hydroxyl groups is 4. The molecule has 8 amide bonds. The zero-order valence-electron chi connectivity index (χ0n) is 58.2. The van der Waals surface area contributed by atoms with Crippen molar-refractivity contribution in [2.45, 2.75) is 76.9 Å². The summed E-state index contributed by atoms with van der Waals surface area (Å²) < 4.78 is 111. The summed E-state index contributed by atoms with van der Waals surface area (Å²) in [6.07, 6.45) is 0. The first-order chi connectivity index (χ1) is 52.9. The van der Waals surface area contributed by atoms with Crippen molar-refractivity contribution in [3.63, 3.8) is 0 Å². The van der Waals surface area contributed by atoms with Gasteiger partial charge in [-0.25, -0.2) is 93.8 Å². The first-order valence-electron chi connectivity index (χ1n) is 32.6. The molecule has 4 aromatic heterocycles. The summed E-state index contributed by atoms with van der Waals surface area (Å²) in [5.74, 6) is -6.79. The molecule has 0 spiro atoms. The average molecular weight is 1670 g/mol. The standard InChI is InChI=1S/C20H16Cl2FN3O2.C20H17Cl2N3O2.C20H16F3N3O2.C19H13F4N3O2.4CH4/c1-11-9-13(23)6-7-14(11)18-12(10-27)5-8-17(25-18)26(20(24)28)19-15(21)3-2-4-16(19)22;1-12-5-2-3-6-14(12)18-13(11-26)9-10-17(24-18)25(20(23)27)19-15(21)7-4-8-16(19)22;1-11-9-13(21)6-7-14(11)18-12(10-27)5-8-17(25-18)26(20(24)28)19-15(22)3-2-4-16(19)23;20-11-5-6-12(15(23)8-11)17-10(9-27)4-7-16(25-17)26(19(24)28)18-13(21)2-1-3-14(18)22;;;;/h2-9,27H,10H2,1H3,(H2,24,28);2-10,26H,11H2,1H3,(H2,23,27);2-9,27H,10H2,1H3,(H2,24,28);1-8,27H,9H2,(H2,24,28);4*1H4. The van der Waals surface area contributed by atoms with Gasteiger partial charge in [0.2, 0.25) is 0 Å². The number of benzene rings is 8. The molecular weight excluding hydrogens is 1590 g/mol. The van der Waals surface area contributed by atoms with Gasteiger partial charge in [-0.05, 0) is 159 Å². The van der Waals surface area contributed by atoms with Crippen LogP contribution in [0, 0.1) is 67.3 Å². The second-order valence-electron chi connectivity index (χ2n) is 23.7. The van der Waals surface area contributed by atoms with Gasteiger partial charge < -0.3 is 43.4 Å². The van der Waals surface area contributed by atoms with E-state index in [1.165, 1.54) is 60.7 Å². The van der Waals surface area contributed by atoms with Crippen LogP contribution in [-0.4, -0.2) is 64.5 Å². The number of amides is 8. The average Bonchev–Trinajstić information content (AvgIpc) is 0.739. The fraction of sp³-hybridized carbons (Fsp3) is 0.133. The third-order valence-electron chi connectivity index (χ3n) is 16.5. The molecule has 0 aliphatic carbocycles. The molecule has 0 fully saturated rings. The van der Waals surface area contributed by atoms with Gasteiger partial charge in [-0.2, -0.15) is 0 Å². The second-order valence-corrected chi connectivity index (χ2v) is 25.3. The van der Waals surface area contributed by atoms with Crippen molar-refractivity contribution in [1.82, 2.24) is 19.9 Å². The molecule has 0 radical (unpaired) electrons. The number of carbonyl (C=O) groups excluding carboxylic acids is 4. The summed E-state index contributed by atoms with van der Waals surface area (Å²) in [5.41, 5.74) is 27.5. The Hall–Kier alpha value is -12.1. The Morgan fingerprint density at radius 2 is 0.557 bits per heavy atom. The molecule has 602 valence electrons. The van der Waals surface area contributed by atoms with Crippen molar-refractivity contribution >= 4 is 117 Å². The molecule has 0 atom stereocenters. The number of para-hydroxylation sites is 4. The van der Waals surface area contributed by atoms with Gasteiger partial charge in [0.05, 0.1) is 80.7 Å². The molecule has 12 N–H and O–H groups in total. The highest BCUT2D eigenvalue weighted by Gasteiger charge is 2.30. The quantitative estimate of drug-likeness (QED) is 0.0419. The number of nitrogens with zero attached hydrogens (tertiary/aromatic N) is 8. The zero-order chi connectivity index (χ0) is 80.8. The maximum atomic E-state index is 14.2. The molecule has 32 heteroatoms. The Labute approximate surface area is 677 Å². The highest BCUT2D eigenvalue weighted by atomic mass is 35.5. The fourth-order valence-corrected chi connectivity index (χ4v) is 12.5. The summed E-state index contributed by atoms with van der Waals surface area (Å²) in [4.78, 5) is 69.1. The minimum atomic E-state index is -1.24. The van der Waals surface area contributed by atoms with Crippen LogP contribution in [0.25, 0.3) is 45.0 Å². The lowest BCUT2D eigenvalue weighted by Gasteiger charge is -2.23.